The van der Waals surface area contributed by atoms with Crippen LogP contribution in [0.25, 0.3) is 0 Å². The molecule has 1 saturated carbocycles. The normalized spacial score (nSPS) is 20.6. The molecule has 3 amide bonds. The van der Waals surface area contributed by atoms with E-state index in [1.54, 1.807) is 4.90 Å². The Morgan fingerprint density at radius 1 is 1.27 bits per heavy atom. The first-order chi connectivity index (χ1) is 10.6. The summed E-state index contributed by atoms with van der Waals surface area (Å²) in [4.78, 5) is 25.8. The predicted molar refractivity (Wildman–Crippen MR) is 85.8 cm³/mol. The summed E-state index contributed by atoms with van der Waals surface area (Å²) in [5.74, 6) is -0.129. The van der Waals surface area contributed by atoms with E-state index < -0.39 is 5.54 Å². The van der Waals surface area contributed by atoms with E-state index in [0.717, 1.165) is 37.8 Å². The van der Waals surface area contributed by atoms with Crippen LogP contribution in [0.3, 0.4) is 0 Å². The molecule has 118 valence electrons. The van der Waals surface area contributed by atoms with Gasteiger partial charge in [-0.05, 0) is 31.0 Å². The van der Waals surface area contributed by atoms with Crippen LogP contribution in [0.15, 0.2) is 24.3 Å². The van der Waals surface area contributed by atoms with Crippen molar-refractivity contribution in [1.82, 2.24) is 5.32 Å². The smallest absolute Gasteiger partial charge is 0.321 e. The number of nitrogens with two attached hydrogens (primary N) is 1. The number of hydrogen-bond donors (Lipinski definition) is 3. The van der Waals surface area contributed by atoms with Gasteiger partial charge in [0, 0.05) is 24.5 Å². The summed E-state index contributed by atoms with van der Waals surface area (Å²) in [7, 11) is 0. The number of nitrogens with one attached hydrogen (secondary N) is 2. The first-order valence-electron chi connectivity index (χ1n) is 7.84. The van der Waals surface area contributed by atoms with Crippen molar-refractivity contribution in [3.63, 3.8) is 0 Å². The van der Waals surface area contributed by atoms with Crippen molar-refractivity contribution in [1.29, 1.82) is 0 Å². The van der Waals surface area contributed by atoms with Gasteiger partial charge in [-0.2, -0.15) is 0 Å². The minimum atomic E-state index is -0.765. The summed E-state index contributed by atoms with van der Waals surface area (Å²) >= 11 is 0. The average molecular weight is 302 g/mol. The summed E-state index contributed by atoms with van der Waals surface area (Å²) < 4.78 is 0. The Bertz CT molecular complexity index is 581. The number of urea groups is 1. The number of amides is 3. The highest BCUT2D eigenvalue weighted by molar-refractivity contribution is 5.99. The van der Waals surface area contributed by atoms with Gasteiger partial charge in [0.15, 0.2) is 0 Å². The molecule has 1 heterocycles. The van der Waals surface area contributed by atoms with Crippen LogP contribution in [0.1, 0.15) is 32.1 Å². The molecule has 0 atom stereocenters. The van der Waals surface area contributed by atoms with Crippen LogP contribution in [0.4, 0.5) is 16.2 Å². The van der Waals surface area contributed by atoms with Crippen molar-refractivity contribution in [2.75, 3.05) is 23.3 Å². The quantitative estimate of drug-likeness (QED) is 0.796. The van der Waals surface area contributed by atoms with Gasteiger partial charge in [-0.3, -0.25) is 9.69 Å². The van der Waals surface area contributed by atoms with Crippen LogP contribution in [0.2, 0.25) is 0 Å². The van der Waals surface area contributed by atoms with E-state index in [2.05, 4.69) is 10.6 Å². The molecule has 22 heavy (non-hydrogen) atoms. The van der Waals surface area contributed by atoms with Crippen LogP contribution < -0.4 is 21.3 Å². The summed E-state index contributed by atoms with van der Waals surface area (Å²) in [5, 5.41) is 5.67. The largest absolute Gasteiger partial charge is 0.336 e. The minimum Gasteiger partial charge on any atom is -0.336 e. The molecular formula is C16H22N4O2. The fourth-order valence-electron chi connectivity index (χ4n) is 3.13. The number of benzene rings is 1. The summed E-state index contributed by atoms with van der Waals surface area (Å²) in [5.41, 5.74) is 6.94. The van der Waals surface area contributed by atoms with Gasteiger partial charge in [-0.25, -0.2) is 4.79 Å². The van der Waals surface area contributed by atoms with E-state index in [0.29, 0.717) is 18.8 Å². The molecule has 0 aromatic heterocycles. The van der Waals surface area contributed by atoms with Crippen molar-refractivity contribution in [2.24, 2.45) is 5.73 Å². The zero-order chi connectivity index (χ0) is 15.6. The molecule has 1 aliphatic carbocycles. The number of carbonyl (C=O) groups is 2. The van der Waals surface area contributed by atoms with Crippen LogP contribution in [-0.4, -0.2) is 30.6 Å². The van der Waals surface area contributed by atoms with Crippen LogP contribution in [-0.2, 0) is 4.79 Å². The summed E-state index contributed by atoms with van der Waals surface area (Å²) in [6.45, 7) is 1.28. The van der Waals surface area contributed by atoms with Crippen molar-refractivity contribution >= 4 is 23.3 Å². The lowest BCUT2D eigenvalue weighted by molar-refractivity contribution is -0.122. The molecule has 1 aliphatic heterocycles. The zero-order valence-corrected chi connectivity index (χ0v) is 12.6. The Morgan fingerprint density at radius 2 is 2.05 bits per heavy atom. The number of hydrogen-bond acceptors (Lipinski definition) is 3. The van der Waals surface area contributed by atoms with Gasteiger partial charge >= 0.3 is 6.03 Å². The molecule has 4 N–H and O–H groups in total. The maximum absolute atomic E-state index is 12.5. The van der Waals surface area contributed by atoms with Gasteiger partial charge in [-0.15, -0.1) is 0 Å². The third-order valence-electron chi connectivity index (χ3n) is 4.47. The molecule has 6 heteroatoms. The molecular weight excluding hydrogens is 280 g/mol. The molecule has 0 radical (unpaired) electrons. The fraction of sp³-hybridized carbons (Fsp3) is 0.500. The minimum absolute atomic E-state index is 0.106. The molecule has 3 rings (SSSR count). The van der Waals surface area contributed by atoms with Crippen molar-refractivity contribution in [2.45, 2.75) is 37.6 Å². The molecule has 6 nitrogen and oxygen atoms in total. The standard InChI is InChI=1S/C16H22N4O2/c17-16(7-2-1-3-8-16)14(21)19-12-5-4-6-13(11-12)20-10-9-18-15(20)22/h4-6,11H,1-3,7-10,17H2,(H,18,22)(H,19,21). The molecule has 2 fully saturated rings. The Morgan fingerprint density at radius 3 is 2.73 bits per heavy atom. The van der Waals surface area contributed by atoms with E-state index in [9.17, 15) is 9.59 Å². The van der Waals surface area contributed by atoms with Crippen LogP contribution >= 0.6 is 0 Å². The maximum atomic E-state index is 12.5. The lowest BCUT2D eigenvalue weighted by atomic mass is 9.82. The molecule has 1 aromatic carbocycles. The number of rotatable bonds is 3. The van der Waals surface area contributed by atoms with Gasteiger partial charge in [0.25, 0.3) is 0 Å². The highest BCUT2D eigenvalue weighted by Crippen LogP contribution is 2.28. The Kier molecular flexibility index (Phi) is 4.02. The molecule has 0 spiro atoms. The highest BCUT2D eigenvalue weighted by Gasteiger charge is 2.35. The number of carbonyl (C=O) groups excluding carboxylic acids is 2. The van der Waals surface area contributed by atoms with Gasteiger partial charge in [0.05, 0.1) is 5.54 Å². The molecule has 0 unspecified atom stereocenters. The van der Waals surface area contributed by atoms with E-state index in [4.69, 9.17) is 5.73 Å². The topological polar surface area (TPSA) is 87.5 Å². The van der Waals surface area contributed by atoms with Crippen molar-refractivity contribution in [3.8, 4) is 0 Å². The van der Waals surface area contributed by atoms with E-state index in [1.165, 1.54) is 0 Å². The second-order valence-corrected chi connectivity index (χ2v) is 6.10. The molecule has 1 aromatic rings. The Hall–Kier alpha value is -2.08. The number of nitrogens with zero attached hydrogens (tertiary/aromatic N) is 1. The second-order valence-electron chi connectivity index (χ2n) is 6.10. The van der Waals surface area contributed by atoms with E-state index >= 15 is 0 Å². The fourth-order valence-corrected chi connectivity index (χ4v) is 3.13. The summed E-state index contributed by atoms with van der Waals surface area (Å²) in [6, 6.07) is 7.22. The van der Waals surface area contributed by atoms with Crippen LogP contribution in [0, 0.1) is 0 Å². The van der Waals surface area contributed by atoms with E-state index in [1.807, 2.05) is 24.3 Å². The van der Waals surface area contributed by atoms with E-state index in [-0.39, 0.29) is 11.9 Å². The third-order valence-corrected chi connectivity index (χ3v) is 4.47. The lowest BCUT2D eigenvalue weighted by Gasteiger charge is -2.31. The Balaban J connectivity index is 1.72. The summed E-state index contributed by atoms with van der Waals surface area (Å²) in [6.07, 6.45) is 4.60. The number of anilines is 2. The van der Waals surface area contributed by atoms with Crippen molar-refractivity contribution in [3.05, 3.63) is 24.3 Å². The highest BCUT2D eigenvalue weighted by atomic mass is 16.2. The molecule has 1 saturated heterocycles. The van der Waals surface area contributed by atoms with Crippen molar-refractivity contribution < 1.29 is 9.59 Å². The zero-order valence-electron chi connectivity index (χ0n) is 12.6. The average Bonchev–Trinajstić information content (AvgIpc) is 2.94. The first-order valence-corrected chi connectivity index (χ1v) is 7.84. The van der Waals surface area contributed by atoms with Gasteiger partial charge in [-0.1, -0.05) is 25.3 Å². The van der Waals surface area contributed by atoms with Gasteiger partial charge in [0.2, 0.25) is 5.91 Å². The van der Waals surface area contributed by atoms with Gasteiger partial charge < -0.3 is 16.4 Å². The molecule has 0 bridgehead atoms. The Labute approximate surface area is 130 Å². The van der Waals surface area contributed by atoms with Crippen LogP contribution in [0.5, 0.6) is 0 Å². The van der Waals surface area contributed by atoms with Gasteiger partial charge in [0.1, 0.15) is 0 Å². The monoisotopic (exact) mass is 302 g/mol. The first kappa shape index (κ1) is 14.8. The molecule has 2 aliphatic rings. The lowest BCUT2D eigenvalue weighted by Crippen LogP contribution is -2.52. The SMILES string of the molecule is NC1(C(=O)Nc2cccc(N3CCNC3=O)c2)CCCCC1. The third kappa shape index (κ3) is 2.92. The predicted octanol–water partition coefficient (Wildman–Crippen LogP) is 1.82. The second kappa shape index (κ2) is 5.96. The maximum Gasteiger partial charge on any atom is 0.321 e.